The number of hydrogen-bond acceptors (Lipinski definition) is 4. The molecule has 0 N–H and O–H groups in total. The number of aromatic nitrogens is 2. The van der Waals surface area contributed by atoms with Crippen LogP contribution >= 0.6 is 0 Å². The van der Waals surface area contributed by atoms with Gasteiger partial charge >= 0.3 is 5.56 Å². The van der Waals surface area contributed by atoms with Gasteiger partial charge in [-0.1, -0.05) is 24.3 Å². The van der Waals surface area contributed by atoms with E-state index in [2.05, 4.69) is 4.98 Å². The highest BCUT2D eigenvalue weighted by molar-refractivity contribution is 5.75. The number of aryl methyl sites for hydroxylation is 1. The average molecular weight is 291 g/mol. The van der Waals surface area contributed by atoms with Gasteiger partial charge in [0.1, 0.15) is 11.8 Å². The Kier molecular flexibility index (Phi) is 3.58. The van der Waals surface area contributed by atoms with E-state index in [-0.39, 0.29) is 11.4 Å². The molecule has 1 aromatic heterocycles. The highest BCUT2D eigenvalue weighted by atomic mass is 16.5. The monoisotopic (exact) mass is 291 g/mol. The molecule has 0 atom stereocenters. The Labute approximate surface area is 127 Å². The van der Waals surface area contributed by atoms with Gasteiger partial charge in [0.05, 0.1) is 16.6 Å². The van der Waals surface area contributed by atoms with Gasteiger partial charge in [-0.15, -0.1) is 0 Å². The van der Waals surface area contributed by atoms with Gasteiger partial charge in [-0.05, 0) is 31.2 Å². The van der Waals surface area contributed by atoms with Crippen LogP contribution in [0, 0.1) is 11.3 Å². The molecule has 1 heterocycles. The average Bonchev–Trinajstić information content (AvgIpc) is 2.56. The van der Waals surface area contributed by atoms with Crippen LogP contribution in [-0.2, 0) is 6.54 Å². The second-order valence-corrected chi connectivity index (χ2v) is 4.67. The highest BCUT2D eigenvalue weighted by Gasteiger charge is 2.13. The lowest BCUT2D eigenvalue weighted by Gasteiger charge is -2.11. The molecule has 5 heteroatoms. The van der Waals surface area contributed by atoms with Crippen molar-refractivity contribution in [1.82, 2.24) is 9.55 Å². The third-order valence-electron chi connectivity index (χ3n) is 3.35. The molecular formula is C17H13N3O2. The number of hydrogen-bond donors (Lipinski definition) is 0. The number of rotatable bonds is 3. The Morgan fingerprint density at radius 3 is 2.68 bits per heavy atom. The van der Waals surface area contributed by atoms with Crippen LogP contribution in [0.2, 0.25) is 0 Å². The first kappa shape index (κ1) is 13.8. The number of para-hydroxylation sites is 3. The molecule has 0 amide bonds. The van der Waals surface area contributed by atoms with Crippen LogP contribution in [0.15, 0.2) is 53.3 Å². The van der Waals surface area contributed by atoms with E-state index in [1.54, 1.807) is 28.8 Å². The fraction of sp³-hybridized carbons (Fsp3) is 0.118. The maximum atomic E-state index is 12.5. The quantitative estimate of drug-likeness (QED) is 0.743. The van der Waals surface area contributed by atoms with E-state index in [0.717, 1.165) is 5.52 Å². The minimum atomic E-state index is -0.311. The Hall–Kier alpha value is -3.13. The first-order chi connectivity index (χ1) is 10.7. The Morgan fingerprint density at radius 1 is 1.18 bits per heavy atom. The van der Waals surface area contributed by atoms with E-state index in [1.165, 1.54) is 0 Å². The SMILES string of the molecule is CCn1c(=O)c(Oc2ccccc2C#N)nc2ccccc21. The molecule has 3 aromatic rings. The second kappa shape index (κ2) is 5.70. The number of nitrogens with zero attached hydrogens (tertiary/aromatic N) is 3. The summed E-state index contributed by atoms with van der Waals surface area (Å²) in [5, 5.41) is 9.10. The van der Waals surface area contributed by atoms with Crippen molar-refractivity contribution in [3.05, 3.63) is 64.4 Å². The molecule has 3 rings (SSSR count). The third-order valence-corrected chi connectivity index (χ3v) is 3.35. The van der Waals surface area contributed by atoms with Crippen LogP contribution in [0.3, 0.4) is 0 Å². The van der Waals surface area contributed by atoms with Crippen molar-refractivity contribution in [1.29, 1.82) is 5.26 Å². The number of nitriles is 1. The maximum Gasteiger partial charge on any atom is 0.314 e. The van der Waals surface area contributed by atoms with Gasteiger partial charge in [-0.25, -0.2) is 4.98 Å². The summed E-state index contributed by atoms with van der Waals surface area (Å²) in [6.45, 7) is 2.40. The summed E-state index contributed by atoms with van der Waals surface area (Å²) in [5.74, 6) is 0.302. The Bertz CT molecular complexity index is 939. The van der Waals surface area contributed by atoms with Gasteiger partial charge in [-0.2, -0.15) is 5.26 Å². The van der Waals surface area contributed by atoms with Crippen LogP contribution < -0.4 is 10.3 Å². The summed E-state index contributed by atoms with van der Waals surface area (Å²) in [7, 11) is 0. The van der Waals surface area contributed by atoms with Crippen LogP contribution in [0.1, 0.15) is 12.5 Å². The van der Waals surface area contributed by atoms with Crippen molar-refractivity contribution >= 4 is 11.0 Å². The summed E-state index contributed by atoms with van der Waals surface area (Å²) >= 11 is 0. The molecule has 0 aliphatic carbocycles. The molecule has 2 aromatic carbocycles. The largest absolute Gasteiger partial charge is 0.433 e. The van der Waals surface area contributed by atoms with Crippen molar-refractivity contribution in [2.24, 2.45) is 0 Å². The molecule has 0 bridgehead atoms. The predicted molar refractivity (Wildman–Crippen MR) is 82.9 cm³/mol. The van der Waals surface area contributed by atoms with Crippen LogP contribution in [0.4, 0.5) is 0 Å². The minimum absolute atomic E-state index is 0.0248. The second-order valence-electron chi connectivity index (χ2n) is 4.67. The number of fused-ring (bicyclic) bond motifs is 1. The maximum absolute atomic E-state index is 12.5. The first-order valence-corrected chi connectivity index (χ1v) is 6.91. The van der Waals surface area contributed by atoms with Gasteiger partial charge in [0.2, 0.25) is 0 Å². The normalized spacial score (nSPS) is 10.4. The van der Waals surface area contributed by atoms with Gasteiger partial charge < -0.3 is 9.30 Å². The fourth-order valence-corrected chi connectivity index (χ4v) is 2.30. The molecule has 0 aliphatic heterocycles. The zero-order valence-corrected chi connectivity index (χ0v) is 12.0. The summed E-state index contributed by atoms with van der Waals surface area (Å²) in [6, 6.07) is 16.2. The molecule has 108 valence electrons. The molecule has 0 unspecified atom stereocenters. The standard InChI is InChI=1S/C17H13N3O2/c1-2-20-14-9-5-4-8-13(14)19-16(17(20)21)22-15-10-6-3-7-12(15)11-18/h3-10H,2H2,1H3. The lowest BCUT2D eigenvalue weighted by molar-refractivity contribution is 0.449. The van der Waals surface area contributed by atoms with E-state index in [9.17, 15) is 4.79 Å². The van der Waals surface area contributed by atoms with E-state index in [1.807, 2.05) is 37.3 Å². The molecule has 5 nitrogen and oxygen atoms in total. The van der Waals surface area contributed by atoms with Crippen molar-refractivity contribution < 1.29 is 4.74 Å². The molecular weight excluding hydrogens is 278 g/mol. The number of benzene rings is 2. The first-order valence-electron chi connectivity index (χ1n) is 6.91. The van der Waals surface area contributed by atoms with Crippen molar-refractivity contribution in [2.45, 2.75) is 13.5 Å². The van der Waals surface area contributed by atoms with Gasteiger partial charge in [0.25, 0.3) is 5.88 Å². The van der Waals surface area contributed by atoms with Gasteiger partial charge in [0.15, 0.2) is 0 Å². The highest BCUT2D eigenvalue weighted by Crippen LogP contribution is 2.22. The zero-order valence-electron chi connectivity index (χ0n) is 12.0. The smallest absolute Gasteiger partial charge is 0.314 e. The van der Waals surface area contributed by atoms with E-state index in [0.29, 0.717) is 23.4 Å². The predicted octanol–water partition coefficient (Wildman–Crippen LogP) is 3.08. The molecule has 22 heavy (non-hydrogen) atoms. The molecule has 0 fully saturated rings. The molecule has 0 aliphatic rings. The lowest BCUT2D eigenvalue weighted by Crippen LogP contribution is -2.22. The Balaban J connectivity index is 2.18. The van der Waals surface area contributed by atoms with E-state index < -0.39 is 0 Å². The Morgan fingerprint density at radius 2 is 1.91 bits per heavy atom. The minimum Gasteiger partial charge on any atom is -0.433 e. The van der Waals surface area contributed by atoms with Crippen LogP contribution in [0.25, 0.3) is 11.0 Å². The summed E-state index contributed by atoms with van der Waals surface area (Å²) in [6.07, 6.45) is 0. The molecule has 0 spiro atoms. The van der Waals surface area contributed by atoms with Gasteiger partial charge in [-0.3, -0.25) is 4.79 Å². The van der Waals surface area contributed by atoms with Gasteiger partial charge in [0, 0.05) is 6.54 Å². The summed E-state index contributed by atoms with van der Waals surface area (Å²) < 4.78 is 7.22. The van der Waals surface area contributed by atoms with E-state index in [4.69, 9.17) is 10.00 Å². The number of ether oxygens (including phenoxy) is 1. The van der Waals surface area contributed by atoms with Crippen LogP contribution in [-0.4, -0.2) is 9.55 Å². The summed E-state index contributed by atoms with van der Waals surface area (Å²) in [5.41, 5.74) is 1.48. The van der Waals surface area contributed by atoms with Crippen molar-refractivity contribution in [3.63, 3.8) is 0 Å². The lowest BCUT2D eigenvalue weighted by atomic mass is 10.2. The van der Waals surface area contributed by atoms with Crippen molar-refractivity contribution in [2.75, 3.05) is 0 Å². The molecule has 0 saturated heterocycles. The summed E-state index contributed by atoms with van der Waals surface area (Å²) in [4.78, 5) is 16.8. The molecule has 0 radical (unpaired) electrons. The molecule has 0 saturated carbocycles. The van der Waals surface area contributed by atoms with Crippen LogP contribution in [0.5, 0.6) is 11.6 Å². The zero-order chi connectivity index (χ0) is 15.5. The van der Waals surface area contributed by atoms with E-state index >= 15 is 0 Å². The fourth-order valence-electron chi connectivity index (χ4n) is 2.30. The van der Waals surface area contributed by atoms with Crippen molar-refractivity contribution in [3.8, 4) is 17.7 Å². The third kappa shape index (κ3) is 2.31. The topological polar surface area (TPSA) is 67.9 Å².